The number of hydrogen-bond donors (Lipinski definition) is 0. The van der Waals surface area contributed by atoms with Crippen LogP contribution in [0.25, 0.3) is 11.0 Å². The van der Waals surface area contributed by atoms with Gasteiger partial charge in [-0.2, -0.15) is 0 Å². The van der Waals surface area contributed by atoms with E-state index in [2.05, 4.69) is 4.90 Å². The van der Waals surface area contributed by atoms with Crippen molar-refractivity contribution in [1.82, 2.24) is 18.6 Å². The summed E-state index contributed by atoms with van der Waals surface area (Å²) in [4.78, 5) is 42.6. The molecule has 0 spiro atoms. The lowest BCUT2D eigenvalue weighted by atomic mass is 10.2. The van der Waals surface area contributed by atoms with Crippen LogP contribution in [0.3, 0.4) is 0 Å². The van der Waals surface area contributed by atoms with Gasteiger partial charge in [-0.3, -0.25) is 18.7 Å². The van der Waals surface area contributed by atoms with Gasteiger partial charge < -0.3 is 14.4 Å². The number of halogens is 1. The second kappa shape index (κ2) is 8.26. The van der Waals surface area contributed by atoms with E-state index in [1.807, 2.05) is 40.7 Å². The summed E-state index contributed by atoms with van der Waals surface area (Å²) in [6, 6.07) is 9.34. The van der Waals surface area contributed by atoms with Crippen molar-refractivity contribution in [3.05, 3.63) is 61.9 Å². The number of carbonyl (C=O) groups is 1. The first-order valence-corrected chi connectivity index (χ1v) is 10.8. The number of carbonyl (C=O) groups excluding carboxylic acids is 1. The van der Waals surface area contributed by atoms with Gasteiger partial charge in [-0.05, 0) is 30.7 Å². The van der Waals surface area contributed by atoms with Gasteiger partial charge in [0.1, 0.15) is 11.3 Å². The molecule has 1 amide bonds. The standard InChI is InChI=1S/C22H26ClN5O3/c1-4-8-28-18(14-17-19(28)24(2)22(31)25(3)20(17)29)21(30)27-11-9-26(10-12-27)16-7-5-6-15(23)13-16/h5-7,13-14H,4,8-12H2,1-3H3. The van der Waals surface area contributed by atoms with E-state index in [-0.39, 0.29) is 11.5 Å². The highest BCUT2D eigenvalue weighted by Gasteiger charge is 2.27. The molecular formula is C22H26ClN5O3. The van der Waals surface area contributed by atoms with Gasteiger partial charge in [-0.1, -0.05) is 24.6 Å². The van der Waals surface area contributed by atoms with Gasteiger partial charge in [0.15, 0.2) is 0 Å². The minimum atomic E-state index is -0.401. The molecule has 1 aliphatic heterocycles. The maximum Gasteiger partial charge on any atom is 0.332 e. The quantitative estimate of drug-likeness (QED) is 0.618. The molecule has 0 N–H and O–H groups in total. The average Bonchev–Trinajstić information content (AvgIpc) is 3.15. The molecule has 0 aliphatic carbocycles. The smallest absolute Gasteiger partial charge is 0.332 e. The Balaban J connectivity index is 1.66. The van der Waals surface area contributed by atoms with Crippen LogP contribution in [0, 0.1) is 0 Å². The summed E-state index contributed by atoms with van der Waals surface area (Å²) in [7, 11) is 3.09. The van der Waals surface area contributed by atoms with E-state index in [0.717, 1.165) is 16.7 Å². The predicted octanol–water partition coefficient (Wildman–Crippen LogP) is 2.06. The number of amides is 1. The van der Waals surface area contributed by atoms with Crippen molar-refractivity contribution in [2.24, 2.45) is 14.1 Å². The fourth-order valence-electron chi connectivity index (χ4n) is 4.27. The molecule has 1 saturated heterocycles. The first kappa shape index (κ1) is 21.2. The van der Waals surface area contributed by atoms with Crippen LogP contribution in [-0.4, -0.2) is 50.7 Å². The van der Waals surface area contributed by atoms with Crippen LogP contribution < -0.4 is 16.1 Å². The van der Waals surface area contributed by atoms with Crippen molar-refractivity contribution in [2.45, 2.75) is 19.9 Å². The minimum Gasteiger partial charge on any atom is -0.368 e. The lowest BCUT2D eigenvalue weighted by Crippen LogP contribution is -2.49. The molecule has 3 aromatic rings. The lowest BCUT2D eigenvalue weighted by molar-refractivity contribution is 0.0736. The number of fused-ring (bicyclic) bond motifs is 1. The summed E-state index contributed by atoms with van der Waals surface area (Å²) in [5.74, 6) is -0.120. The summed E-state index contributed by atoms with van der Waals surface area (Å²) < 4.78 is 4.33. The fraction of sp³-hybridized carbons (Fsp3) is 0.409. The summed E-state index contributed by atoms with van der Waals surface area (Å²) >= 11 is 6.11. The molecule has 0 bridgehead atoms. The molecule has 2 aromatic heterocycles. The van der Waals surface area contributed by atoms with Crippen LogP contribution in [0.1, 0.15) is 23.8 Å². The maximum absolute atomic E-state index is 13.4. The average molecular weight is 444 g/mol. The Morgan fingerprint density at radius 1 is 1.03 bits per heavy atom. The van der Waals surface area contributed by atoms with Gasteiger partial charge in [0.2, 0.25) is 0 Å². The van der Waals surface area contributed by atoms with Crippen LogP contribution >= 0.6 is 11.6 Å². The Morgan fingerprint density at radius 3 is 2.39 bits per heavy atom. The van der Waals surface area contributed by atoms with E-state index in [1.165, 1.54) is 11.6 Å². The Hall–Kier alpha value is -3.00. The van der Waals surface area contributed by atoms with E-state index < -0.39 is 5.69 Å². The molecule has 31 heavy (non-hydrogen) atoms. The minimum absolute atomic E-state index is 0.120. The van der Waals surface area contributed by atoms with Gasteiger partial charge in [-0.25, -0.2) is 4.79 Å². The molecular weight excluding hydrogens is 418 g/mol. The summed E-state index contributed by atoms with van der Waals surface area (Å²) in [6.07, 6.45) is 0.774. The highest BCUT2D eigenvalue weighted by atomic mass is 35.5. The zero-order chi connectivity index (χ0) is 22.3. The molecule has 0 atom stereocenters. The molecule has 9 heteroatoms. The third kappa shape index (κ3) is 3.65. The van der Waals surface area contributed by atoms with Crippen molar-refractivity contribution < 1.29 is 4.79 Å². The maximum atomic E-state index is 13.4. The number of anilines is 1. The van der Waals surface area contributed by atoms with Gasteiger partial charge >= 0.3 is 5.69 Å². The zero-order valence-corrected chi connectivity index (χ0v) is 18.7. The van der Waals surface area contributed by atoms with Crippen molar-refractivity contribution in [3.63, 3.8) is 0 Å². The van der Waals surface area contributed by atoms with Crippen LogP contribution in [0.15, 0.2) is 39.9 Å². The summed E-state index contributed by atoms with van der Waals surface area (Å²) in [5.41, 5.74) is 1.20. The third-order valence-electron chi connectivity index (χ3n) is 5.90. The van der Waals surface area contributed by atoms with E-state index >= 15 is 0 Å². The molecule has 8 nitrogen and oxygen atoms in total. The zero-order valence-electron chi connectivity index (χ0n) is 18.0. The van der Waals surface area contributed by atoms with Crippen molar-refractivity contribution >= 4 is 34.2 Å². The number of aryl methyl sites for hydroxylation is 2. The number of rotatable bonds is 4. The normalized spacial score (nSPS) is 14.5. The Labute approximate surface area is 184 Å². The van der Waals surface area contributed by atoms with Crippen LogP contribution in [0.2, 0.25) is 5.02 Å². The van der Waals surface area contributed by atoms with Gasteiger partial charge in [0, 0.05) is 57.5 Å². The summed E-state index contributed by atoms with van der Waals surface area (Å²) in [6.45, 7) is 5.07. The lowest BCUT2D eigenvalue weighted by Gasteiger charge is -2.36. The molecule has 4 rings (SSSR count). The van der Waals surface area contributed by atoms with E-state index in [4.69, 9.17) is 11.6 Å². The SMILES string of the molecule is CCCn1c(C(=O)N2CCN(c3cccc(Cl)c3)CC2)cc2c(=O)n(C)c(=O)n(C)c21. The highest BCUT2D eigenvalue weighted by molar-refractivity contribution is 6.30. The first-order chi connectivity index (χ1) is 14.8. The molecule has 0 radical (unpaired) electrons. The Bertz CT molecular complexity index is 1260. The number of benzene rings is 1. The van der Waals surface area contributed by atoms with Crippen LogP contribution in [-0.2, 0) is 20.6 Å². The molecule has 3 heterocycles. The monoisotopic (exact) mass is 443 g/mol. The van der Waals surface area contributed by atoms with Crippen molar-refractivity contribution in [2.75, 3.05) is 31.1 Å². The summed E-state index contributed by atoms with van der Waals surface area (Å²) in [5, 5.41) is 1.08. The third-order valence-corrected chi connectivity index (χ3v) is 6.14. The molecule has 164 valence electrons. The highest BCUT2D eigenvalue weighted by Crippen LogP contribution is 2.23. The number of piperazine rings is 1. The van der Waals surface area contributed by atoms with E-state index in [9.17, 15) is 14.4 Å². The van der Waals surface area contributed by atoms with E-state index in [0.29, 0.717) is 54.5 Å². The Kier molecular flexibility index (Phi) is 5.66. The largest absolute Gasteiger partial charge is 0.368 e. The number of aromatic nitrogens is 3. The molecule has 1 aromatic carbocycles. The molecule has 1 fully saturated rings. The van der Waals surface area contributed by atoms with Crippen LogP contribution in [0.4, 0.5) is 5.69 Å². The number of hydrogen-bond acceptors (Lipinski definition) is 4. The van der Waals surface area contributed by atoms with Gasteiger partial charge in [-0.15, -0.1) is 0 Å². The van der Waals surface area contributed by atoms with Crippen molar-refractivity contribution in [1.29, 1.82) is 0 Å². The van der Waals surface area contributed by atoms with E-state index in [1.54, 1.807) is 13.1 Å². The predicted molar refractivity (Wildman–Crippen MR) is 122 cm³/mol. The van der Waals surface area contributed by atoms with Crippen molar-refractivity contribution in [3.8, 4) is 0 Å². The topological polar surface area (TPSA) is 72.5 Å². The van der Waals surface area contributed by atoms with Gasteiger partial charge in [0.05, 0.1) is 5.39 Å². The molecule has 0 unspecified atom stereocenters. The Morgan fingerprint density at radius 2 is 1.74 bits per heavy atom. The molecule has 1 aliphatic rings. The molecule has 0 saturated carbocycles. The fourth-order valence-corrected chi connectivity index (χ4v) is 4.46. The second-order valence-electron chi connectivity index (χ2n) is 7.88. The number of nitrogens with zero attached hydrogens (tertiary/aromatic N) is 5. The van der Waals surface area contributed by atoms with Gasteiger partial charge in [0.25, 0.3) is 11.5 Å². The first-order valence-electron chi connectivity index (χ1n) is 10.4. The van der Waals surface area contributed by atoms with Crippen LogP contribution in [0.5, 0.6) is 0 Å². The second-order valence-corrected chi connectivity index (χ2v) is 8.32.